The van der Waals surface area contributed by atoms with E-state index in [0.29, 0.717) is 28.6 Å². The summed E-state index contributed by atoms with van der Waals surface area (Å²) >= 11 is 6.21. The van der Waals surface area contributed by atoms with Gasteiger partial charge in [0.05, 0.1) is 23.6 Å². The van der Waals surface area contributed by atoms with Crippen LogP contribution in [0.1, 0.15) is 34.8 Å². The summed E-state index contributed by atoms with van der Waals surface area (Å²) in [4.78, 5) is 12.4. The number of aromatic nitrogens is 4. The fraction of sp³-hybridized carbons (Fsp3) is 0.316. The van der Waals surface area contributed by atoms with Crippen molar-refractivity contribution >= 4 is 23.2 Å². The molecule has 1 aromatic carbocycles. The molecular weight excluding hydrogens is 388 g/mol. The topological polar surface area (TPSA) is 64.7 Å². The summed E-state index contributed by atoms with van der Waals surface area (Å²) in [6.07, 6.45) is -2.67. The smallest absolute Gasteiger partial charge is 0.282 e. The molecule has 1 amide bonds. The molecule has 0 radical (unpaired) electrons. The third kappa shape index (κ3) is 4.22. The van der Waals surface area contributed by atoms with Crippen molar-refractivity contribution in [2.45, 2.75) is 40.3 Å². The highest BCUT2D eigenvalue weighted by molar-refractivity contribution is 6.31. The summed E-state index contributed by atoms with van der Waals surface area (Å²) in [6.45, 7) is 5.58. The summed E-state index contributed by atoms with van der Waals surface area (Å²) in [5.74, 6) is -0.365. The van der Waals surface area contributed by atoms with E-state index in [2.05, 4.69) is 15.5 Å². The Balaban J connectivity index is 1.75. The van der Waals surface area contributed by atoms with E-state index in [1.807, 2.05) is 31.2 Å². The minimum absolute atomic E-state index is 0.160. The van der Waals surface area contributed by atoms with Gasteiger partial charge >= 0.3 is 0 Å². The average Bonchev–Trinajstić information content (AvgIpc) is 3.12. The summed E-state index contributed by atoms with van der Waals surface area (Å²) in [5.41, 5.74) is 3.09. The Kier molecular flexibility index (Phi) is 5.79. The number of carbonyl (C=O) groups excluding carboxylic acids is 1. The second-order valence-corrected chi connectivity index (χ2v) is 6.92. The molecule has 0 aliphatic rings. The van der Waals surface area contributed by atoms with Gasteiger partial charge in [-0.1, -0.05) is 29.8 Å². The van der Waals surface area contributed by atoms with E-state index < -0.39 is 6.43 Å². The minimum atomic E-state index is -2.67. The monoisotopic (exact) mass is 407 g/mol. The maximum absolute atomic E-state index is 12.8. The van der Waals surface area contributed by atoms with E-state index in [-0.39, 0.29) is 18.1 Å². The van der Waals surface area contributed by atoms with Crippen LogP contribution in [0.15, 0.2) is 30.3 Å². The van der Waals surface area contributed by atoms with Gasteiger partial charge in [0, 0.05) is 10.7 Å². The van der Waals surface area contributed by atoms with Crippen molar-refractivity contribution in [1.82, 2.24) is 19.6 Å². The molecule has 0 atom stereocenters. The van der Waals surface area contributed by atoms with Gasteiger partial charge in [0.15, 0.2) is 0 Å². The van der Waals surface area contributed by atoms with Crippen LogP contribution in [0, 0.1) is 20.8 Å². The number of alkyl halides is 2. The molecule has 28 heavy (non-hydrogen) atoms. The van der Waals surface area contributed by atoms with Crippen LogP contribution in [0.2, 0.25) is 5.02 Å². The third-order valence-corrected chi connectivity index (χ3v) is 4.81. The number of carbonyl (C=O) groups is 1. The van der Waals surface area contributed by atoms with E-state index in [4.69, 9.17) is 11.6 Å². The Bertz CT molecular complexity index is 1010. The lowest BCUT2D eigenvalue weighted by atomic mass is 10.2. The molecule has 2 aromatic heterocycles. The average molecular weight is 408 g/mol. The fourth-order valence-corrected chi connectivity index (χ4v) is 3.13. The molecule has 0 unspecified atom stereocenters. The van der Waals surface area contributed by atoms with E-state index >= 15 is 0 Å². The number of benzene rings is 1. The van der Waals surface area contributed by atoms with E-state index in [0.717, 1.165) is 11.3 Å². The molecule has 0 bridgehead atoms. The molecular formula is C19H20ClF2N5O. The molecule has 0 saturated heterocycles. The molecule has 3 aromatic rings. The Morgan fingerprint density at radius 2 is 1.89 bits per heavy atom. The van der Waals surface area contributed by atoms with Gasteiger partial charge in [0.1, 0.15) is 12.2 Å². The standard InChI is InChI=1S/C19H20ClF2N5O/c1-11-8-16(19(21)22)25-26(11)10-17(28)23-18-12(2)24-27(13(18)3)9-14-6-4-5-7-15(14)20/h4-8,19H,9-10H2,1-3H3,(H,23,28). The zero-order chi connectivity index (χ0) is 20.4. The van der Waals surface area contributed by atoms with E-state index in [1.165, 1.54) is 10.7 Å². The van der Waals surface area contributed by atoms with Crippen LogP contribution in [0.25, 0.3) is 0 Å². The fourth-order valence-electron chi connectivity index (χ4n) is 2.94. The lowest BCUT2D eigenvalue weighted by Gasteiger charge is -2.09. The van der Waals surface area contributed by atoms with Crippen molar-refractivity contribution in [3.63, 3.8) is 0 Å². The maximum atomic E-state index is 12.8. The first-order valence-electron chi connectivity index (χ1n) is 8.66. The largest absolute Gasteiger partial charge is 0.321 e. The summed E-state index contributed by atoms with van der Waals surface area (Å²) in [5, 5.41) is 11.7. The first kappa shape index (κ1) is 20.0. The lowest BCUT2D eigenvalue weighted by molar-refractivity contribution is -0.117. The normalized spacial score (nSPS) is 11.2. The minimum Gasteiger partial charge on any atom is -0.321 e. The second-order valence-electron chi connectivity index (χ2n) is 6.51. The molecule has 0 saturated carbocycles. The van der Waals surface area contributed by atoms with Gasteiger partial charge in [0.2, 0.25) is 5.91 Å². The Hall–Kier alpha value is -2.74. The number of hydrogen-bond acceptors (Lipinski definition) is 3. The number of hydrogen-bond donors (Lipinski definition) is 1. The maximum Gasteiger partial charge on any atom is 0.282 e. The van der Waals surface area contributed by atoms with Gasteiger partial charge in [-0.05, 0) is 38.5 Å². The Morgan fingerprint density at radius 1 is 1.18 bits per heavy atom. The molecule has 9 heteroatoms. The molecule has 0 aliphatic carbocycles. The molecule has 0 aliphatic heterocycles. The molecule has 0 fully saturated rings. The highest BCUT2D eigenvalue weighted by Gasteiger charge is 2.18. The number of nitrogens with zero attached hydrogens (tertiary/aromatic N) is 4. The molecule has 6 nitrogen and oxygen atoms in total. The van der Waals surface area contributed by atoms with Gasteiger partial charge < -0.3 is 5.32 Å². The third-order valence-electron chi connectivity index (χ3n) is 4.44. The van der Waals surface area contributed by atoms with E-state index in [9.17, 15) is 13.6 Å². The number of halogens is 3. The molecule has 1 N–H and O–H groups in total. The van der Waals surface area contributed by atoms with Crippen LogP contribution in [0.5, 0.6) is 0 Å². The summed E-state index contributed by atoms with van der Waals surface area (Å²) in [7, 11) is 0. The molecule has 3 rings (SSSR count). The van der Waals surface area contributed by atoms with Crippen molar-refractivity contribution in [1.29, 1.82) is 0 Å². The predicted molar refractivity (Wildman–Crippen MR) is 103 cm³/mol. The van der Waals surface area contributed by atoms with Crippen LogP contribution in [0.4, 0.5) is 14.5 Å². The quantitative estimate of drug-likeness (QED) is 0.663. The van der Waals surface area contributed by atoms with Crippen molar-refractivity contribution in [2.24, 2.45) is 0 Å². The van der Waals surface area contributed by atoms with Gasteiger partial charge in [-0.25, -0.2) is 8.78 Å². The number of nitrogens with one attached hydrogen (secondary N) is 1. The van der Waals surface area contributed by atoms with Crippen molar-refractivity contribution in [3.8, 4) is 0 Å². The first-order valence-corrected chi connectivity index (χ1v) is 9.03. The predicted octanol–water partition coefficient (Wildman–Crippen LogP) is 4.28. The number of amides is 1. The molecule has 2 heterocycles. The second kappa shape index (κ2) is 8.10. The number of rotatable bonds is 6. The van der Waals surface area contributed by atoms with Gasteiger partial charge in [0.25, 0.3) is 6.43 Å². The zero-order valence-corrected chi connectivity index (χ0v) is 16.5. The van der Waals surface area contributed by atoms with Crippen LogP contribution in [-0.4, -0.2) is 25.5 Å². The first-order chi connectivity index (χ1) is 13.3. The van der Waals surface area contributed by atoms with Gasteiger partial charge in [-0.2, -0.15) is 10.2 Å². The van der Waals surface area contributed by atoms with E-state index in [1.54, 1.807) is 18.5 Å². The van der Waals surface area contributed by atoms with Crippen LogP contribution < -0.4 is 5.32 Å². The van der Waals surface area contributed by atoms with Crippen LogP contribution in [0.3, 0.4) is 0 Å². The Morgan fingerprint density at radius 3 is 2.54 bits per heavy atom. The number of anilines is 1. The lowest BCUT2D eigenvalue weighted by Crippen LogP contribution is -2.21. The number of aryl methyl sites for hydroxylation is 2. The zero-order valence-electron chi connectivity index (χ0n) is 15.7. The molecule has 0 spiro atoms. The van der Waals surface area contributed by atoms with Crippen LogP contribution >= 0.6 is 11.6 Å². The van der Waals surface area contributed by atoms with Gasteiger partial charge in [-0.15, -0.1) is 0 Å². The highest BCUT2D eigenvalue weighted by atomic mass is 35.5. The molecule has 148 valence electrons. The highest BCUT2D eigenvalue weighted by Crippen LogP contribution is 2.23. The van der Waals surface area contributed by atoms with Crippen molar-refractivity contribution in [2.75, 3.05) is 5.32 Å². The summed E-state index contributed by atoms with van der Waals surface area (Å²) in [6, 6.07) is 8.75. The van der Waals surface area contributed by atoms with Crippen molar-refractivity contribution < 1.29 is 13.6 Å². The summed E-state index contributed by atoms with van der Waals surface area (Å²) < 4.78 is 28.6. The van der Waals surface area contributed by atoms with Gasteiger partial charge in [-0.3, -0.25) is 14.2 Å². The Labute approximate surface area is 166 Å². The van der Waals surface area contributed by atoms with Crippen LogP contribution in [-0.2, 0) is 17.9 Å². The van der Waals surface area contributed by atoms with Crippen molar-refractivity contribution in [3.05, 3.63) is 63.7 Å². The SMILES string of the molecule is Cc1nn(Cc2ccccc2Cl)c(C)c1NC(=O)Cn1nc(C(F)F)cc1C.